The Morgan fingerprint density at radius 2 is 1.86 bits per heavy atom. The third kappa shape index (κ3) is 6.43. The molecule has 2 atom stereocenters. The lowest BCUT2D eigenvalue weighted by molar-refractivity contribution is -0.137. The molecule has 1 fully saturated rings. The summed E-state index contributed by atoms with van der Waals surface area (Å²) in [7, 11) is 0. The van der Waals surface area contributed by atoms with Gasteiger partial charge in [-0.25, -0.2) is 0 Å². The number of amides is 3. The van der Waals surface area contributed by atoms with Gasteiger partial charge in [0.25, 0.3) is 0 Å². The van der Waals surface area contributed by atoms with Crippen LogP contribution in [0.3, 0.4) is 0 Å². The molecule has 7 heteroatoms. The molecular formula is C15H28N4O3. The fraction of sp³-hybridized carbons (Fsp3) is 0.800. The third-order valence-electron chi connectivity index (χ3n) is 3.96. The zero-order chi connectivity index (χ0) is 16.5. The minimum atomic E-state index is -0.173. The summed E-state index contributed by atoms with van der Waals surface area (Å²) >= 11 is 0. The molecule has 2 unspecified atom stereocenters. The number of likely N-dealkylation sites (tertiary alicyclic amines) is 1. The Kier molecular flexibility index (Phi) is 7.87. The Hall–Kier alpha value is -1.63. The van der Waals surface area contributed by atoms with Crippen LogP contribution in [0.15, 0.2) is 0 Å². The van der Waals surface area contributed by atoms with Gasteiger partial charge in [0.1, 0.15) is 0 Å². The number of hydrogen-bond donors (Lipinski definition) is 3. The number of nitrogens with one attached hydrogen (secondary N) is 2. The van der Waals surface area contributed by atoms with Gasteiger partial charge in [-0.2, -0.15) is 0 Å². The summed E-state index contributed by atoms with van der Waals surface area (Å²) in [5.74, 6) is 0.291. The molecule has 0 spiro atoms. The maximum atomic E-state index is 12.2. The second-order valence-corrected chi connectivity index (χ2v) is 5.94. The molecule has 0 aromatic carbocycles. The highest BCUT2D eigenvalue weighted by Gasteiger charge is 2.28. The molecule has 22 heavy (non-hydrogen) atoms. The van der Waals surface area contributed by atoms with Gasteiger partial charge in [-0.3, -0.25) is 14.4 Å². The van der Waals surface area contributed by atoms with Crippen LogP contribution >= 0.6 is 0 Å². The number of hydrogen-bond acceptors (Lipinski definition) is 4. The van der Waals surface area contributed by atoms with Crippen LogP contribution in [-0.4, -0.2) is 54.8 Å². The number of piperidine rings is 1. The first-order valence-electron chi connectivity index (χ1n) is 7.94. The van der Waals surface area contributed by atoms with Crippen LogP contribution in [0.5, 0.6) is 0 Å². The largest absolute Gasteiger partial charge is 0.355 e. The summed E-state index contributed by atoms with van der Waals surface area (Å²) < 4.78 is 0. The Labute approximate surface area is 132 Å². The Balaban J connectivity index is 2.26. The standard InChI is InChI=1S/C15H28N4O3/c1-11-5-8-19(13(9-11)10-16)15(22)4-3-14(21)18-7-6-17-12(2)20/h11,13H,3-10,16H2,1-2H3,(H,17,20)(H,18,21). The lowest BCUT2D eigenvalue weighted by Gasteiger charge is -2.38. The van der Waals surface area contributed by atoms with Crippen LogP contribution in [0, 0.1) is 5.92 Å². The van der Waals surface area contributed by atoms with E-state index in [0.29, 0.717) is 25.6 Å². The van der Waals surface area contributed by atoms with Gasteiger partial charge in [-0.05, 0) is 18.8 Å². The van der Waals surface area contributed by atoms with E-state index in [1.807, 2.05) is 4.90 Å². The first kappa shape index (κ1) is 18.4. The number of nitrogens with zero attached hydrogens (tertiary/aromatic N) is 1. The Bertz CT molecular complexity index is 400. The van der Waals surface area contributed by atoms with Gasteiger partial charge in [0.05, 0.1) is 0 Å². The van der Waals surface area contributed by atoms with Crippen molar-refractivity contribution in [3.05, 3.63) is 0 Å². The lowest BCUT2D eigenvalue weighted by atomic mass is 9.92. The first-order chi connectivity index (χ1) is 10.4. The normalized spacial score (nSPS) is 21.3. The van der Waals surface area contributed by atoms with Gasteiger partial charge in [0.2, 0.25) is 17.7 Å². The molecule has 4 N–H and O–H groups in total. The van der Waals surface area contributed by atoms with Gasteiger partial charge in [0, 0.05) is 52.0 Å². The Morgan fingerprint density at radius 1 is 1.18 bits per heavy atom. The minimum absolute atomic E-state index is 0.000592. The monoisotopic (exact) mass is 312 g/mol. The van der Waals surface area contributed by atoms with Crippen molar-refractivity contribution < 1.29 is 14.4 Å². The summed E-state index contributed by atoms with van der Waals surface area (Å²) in [6, 6.07) is 0.0964. The number of nitrogens with two attached hydrogens (primary N) is 1. The average Bonchev–Trinajstić information content (AvgIpc) is 2.48. The fourth-order valence-electron chi connectivity index (χ4n) is 2.70. The number of rotatable bonds is 7. The molecule has 0 aromatic heterocycles. The van der Waals surface area contributed by atoms with Gasteiger partial charge in [-0.15, -0.1) is 0 Å². The second kappa shape index (κ2) is 9.40. The molecule has 1 saturated heterocycles. The predicted molar refractivity (Wildman–Crippen MR) is 83.9 cm³/mol. The van der Waals surface area contributed by atoms with E-state index in [1.165, 1.54) is 6.92 Å². The average molecular weight is 312 g/mol. The van der Waals surface area contributed by atoms with Crippen molar-refractivity contribution in [1.29, 1.82) is 0 Å². The zero-order valence-electron chi connectivity index (χ0n) is 13.6. The topological polar surface area (TPSA) is 105 Å². The van der Waals surface area contributed by atoms with Crippen molar-refractivity contribution in [2.24, 2.45) is 11.7 Å². The lowest BCUT2D eigenvalue weighted by Crippen LogP contribution is -2.49. The SMILES string of the molecule is CC(=O)NCCNC(=O)CCC(=O)N1CCC(C)CC1CN. The van der Waals surface area contributed by atoms with Crippen molar-refractivity contribution in [1.82, 2.24) is 15.5 Å². The van der Waals surface area contributed by atoms with E-state index >= 15 is 0 Å². The summed E-state index contributed by atoms with van der Waals surface area (Å²) in [5, 5.41) is 5.27. The highest BCUT2D eigenvalue weighted by atomic mass is 16.2. The van der Waals surface area contributed by atoms with Crippen molar-refractivity contribution in [3.8, 4) is 0 Å². The molecule has 1 heterocycles. The molecular weight excluding hydrogens is 284 g/mol. The molecule has 1 aliphatic rings. The van der Waals surface area contributed by atoms with E-state index in [4.69, 9.17) is 5.73 Å². The van der Waals surface area contributed by atoms with Crippen LogP contribution in [0.2, 0.25) is 0 Å². The summed E-state index contributed by atoms with van der Waals surface area (Å²) in [6.45, 7) is 5.57. The van der Waals surface area contributed by atoms with Crippen LogP contribution in [-0.2, 0) is 14.4 Å². The molecule has 1 rings (SSSR count). The van der Waals surface area contributed by atoms with E-state index < -0.39 is 0 Å². The highest BCUT2D eigenvalue weighted by molar-refractivity contribution is 5.84. The van der Waals surface area contributed by atoms with Gasteiger partial charge >= 0.3 is 0 Å². The Morgan fingerprint density at radius 3 is 2.50 bits per heavy atom. The molecule has 0 aliphatic carbocycles. The van der Waals surface area contributed by atoms with E-state index in [2.05, 4.69) is 17.6 Å². The fourth-order valence-corrected chi connectivity index (χ4v) is 2.70. The molecule has 1 aliphatic heterocycles. The smallest absolute Gasteiger partial charge is 0.223 e. The predicted octanol–water partition coefficient (Wildman–Crippen LogP) is -0.395. The summed E-state index contributed by atoms with van der Waals surface area (Å²) in [5.41, 5.74) is 5.75. The van der Waals surface area contributed by atoms with Crippen LogP contribution in [0.4, 0.5) is 0 Å². The maximum Gasteiger partial charge on any atom is 0.223 e. The first-order valence-corrected chi connectivity index (χ1v) is 7.94. The van der Waals surface area contributed by atoms with Crippen molar-refractivity contribution >= 4 is 17.7 Å². The molecule has 3 amide bonds. The zero-order valence-corrected chi connectivity index (χ0v) is 13.6. The van der Waals surface area contributed by atoms with Crippen molar-refractivity contribution in [3.63, 3.8) is 0 Å². The minimum Gasteiger partial charge on any atom is -0.355 e. The maximum absolute atomic E-state index is 12.2. The van der Waals surface area contributed by atoms with Gasteiger partial charge < -0.3 is 21.3 Å². The van der Waals surface area contributed by atoms with E-state index in [0.717, 1.165) is 19.4 Å². The number of carbonyl (C=O) groups excluding carboxylic acids is 3. The quantitative estimate of drug-likeness (QED) is 0.557. The number of carbonyl (C=O) groups is 3. The molecule has 126 valence electrons. The van der Waals surface area contributed by atoms with Crippen LogP contribution in [0.25, 0.3) is 0 Å². The van der Waals surface area contributed by atoms with Crippen molar-refractivity contribution in [2.45, 2.75) is 45.6 Å². The molecule has 0 bridgehead atoms. The van der Waals surface area contributed by atoms with E-state index in [1.54, 1.807) is 0 Å². The molecule has 0 aromatic rings. The van der Waals surface area contributed by atoms with Gasteiger partial charge in [-0.1, -0.05) is 6.92 Å². The van der Waals surface area contributed by atoms with Crippen LogP contribution in [0.1, 0.15) is 39.5 Å². The second-order valence-electron chi connectivity index (χ2n) is 5.94. The molecule has 7 nitrogen and oxygen atoms in total. The van der Waals surface area contributed by atoms with E-state index in [9.17, 15) is 14.4 Å². The third-order valence-corrected chi connectivity index (χ3v) is 3.96. The molecule has 0 radical (unpaired) electrons. The summed E-state index contributed by atoms with van der Waals surface area (Å²) in [6.07, 6.45) is 2.30. The van der Waals surface area contributed by atoms with Gasteiger partial charge in [0.15, 0.2) is 0 Å². The van der Waals surface area contributed by atoms with Crippen LogP contribution < -0.4 is 16.4 Å². The summed E-state index contributed by atoms with van der Waals surface area (Å²) in [4.78, 5) is 36.4. The van der Waals surface area contributed by atoms with E-state index in [-0.39, 0.29) is 36.6 Å². The molecule has 0 saturated carbocycles. The highest BCUT2D eigenvalue weighted by Crippen LogP contribution is 2.22. The van der Waals surface area contributed by atoms with Crippen molar-refractivity contribution in [2.75, 3.05) is 26.2 Å².